The van der Waals surface area contributed by atoms with Crippen LogP contribution in [0, 0.1) is 0 Å². The molecule has 0 unspecified atom stereocenters. The van der Waals surface area contributed by atoms with Crippen molar-refractivity contribution in [1.82, 2.24) is 9.78 Å². The fraction of sp³-hybridized carbons (Fsp3) is 0.0435. The number of carbonyl (C=O) groups excluding carboxylic acids is 2. The maximum atomic E-state index is 13.1. The predicted molar refractivity (Wildman–Crippen MR) is 143 cm³/mol. The van der Waals surface area contributed by atoms with Gasteiger partial charge >= 0.3 is 0 Å². The first-order valence-electron chi connectivity index (χ1n) is 11.1. The summed E-state index contributed by atoms with van der Waals surface area (Å²) in [6, 6.07) is 9.17. The molecule has 0 aliphatic carbocycles. The third-order valence-corrected chi connectivity index (χ3v) is 7.38. The van der Waals surface area contributed by atoms with Gasteiger partial charge in [-0.1, -0.05) is 6.08 Å². The van der Waals surface area contributed by atoms with Crippen LogP contribution >= 0.6 is 0 Å². The van der Waals surface area contributed by atoms with Gasteiger partial charge in [0, 0.05) is 0 Å². The molecule has 4 rings (SSSR count). The van der Waals surface area contributed by atoms with E-state index in [2.05, 4.69) is 15.0 Å². The number of allylic oxidation sites excluding steroid dienone is 2. The number of anilines is 1. The van der Waals surface area contributed by atoms with Crippen LogP contribution in [-0.2, 0) is 41.3 Å². The molecule has 0 fully saturated rings. The number of hydrogen-bond donors (Lipinski definition) is 5. The van der Waals surface area contributed by atoms with E-state index in [1.165, 1.54) is 42.5 Å². The van der Waals surface area contributed by atoms with Crippen molar-refractivity contribution in [2.75, 3.05) is 5.01 Å². The van der Waals surface area contributed by atoms with Crippen LogP contribution in [0.15, 0.2) is 85.9 Å². The molecular weight excluding hydrogens is 584 g/mol. The molecule has 214 valence electrons. The maximum Gasteiger partial charge on any atom is 0.294 e. The number of nitrogens with one attached hydrogen (secondary N) is 1. The first-order chi connectivity index (χ1) is 19.2. The largest absolute Gasteiger partial charge is 0.364 e. The molecule has 2 aromatic carbocycles. The second-order valence-electron chi connectivity index (χ2n) is 8.26. The summed E-state index contributed by atoms with van der Waals surface area (Å²) in [5.74, 6) is 3.34. The van der Waals surface area contributed by atoms with Gasteiger partial charge in [-0.15, -0.1) is 0 Å². The Morgan fingerprint density at radius 2 is 1.49 bits per heavy atom. The number of rotatable bonds is 9. The highest BCUT2D eigenvalue weighted by molar-refractivity contribution is 7.86. The van der Waals surface area contributed by atoms with E-state index in [-0.39, 0.29) is 39.7 Å². The van der Waals surface area contributed by atoms with Gasteiger partial charge in [0.2, 0.25) is 0 Å². The Balaban J connectivity index is 1.67. The number of H-pyrrole nitrogens is 1. The second kappa shape index (κ2) is 11.0. The molecule has 18 heteroatoms. The monoisotopic (exact) mass is 604 g/mol. The van der Waals surface area contributed by atoms with Crippen molar-refractivity contribution in [3.63, 3.8) is 0 Å². The lowest BCUT2D eigenvalue weighted by molar-refractivity contribution is -0.115. The Bertz CT molecular complexity index is 1900. The summed E-state index contributed by atoms with van der Waals surface area (Å²) < 4.78 is 64.5. The summed E-state index contributed by atoms with van der Waals surface area (Å²) in [4.78, 5) is 42.0. The van der Waals surface area contributed by atoms with Gasteiger partial charge in [0.05, 0.1) is 38.0 Å². The lowest BCUT2D eigenvalue weighted by atomic mass is 10.1. The molecule has 1 aromatic heterocycles. The van der Waals surface area contributed by atoms with Gasteiger partial charge in [0.15, 0.2) is 5.71 Å². The van der Waals surface area contributed by atoms with Gasteiger partial charge in [-0.05, 0) is 60.7 Å². The zero-order chi connectivity index (χ0) is 30.1. The van der Waals surface area contributed by atoms with Crippen molar-refractivity contribution in [3.05, 3.63) is 87.9 Å². The summed E-state index contributed by atoms with van der Waals surface area (Å²) in [5, 5.41) is 7.48. The fourth-order valence-electron chi connectivity index (χ4n) is 3.73. The Kier molecular flexibility index (Phi) is 7.88. The van der Waals surface area contributed by atoms with E-state index >= 15 is 0 Å². The lowest BCUT2D eigenvalue weighted by Gasteiger charge is -2.11. The average molecular weight is 605 g/mol. The summed E-state index contributed by atoms with van der Waals surface area (Å²) >= 11 is 0. The molecule has 3 aromatic rings. The molecule has 1 aliphatic rings. The van der Waals surface area contributed by atoms with Gasteiger partial charge in [-0.3, -0.25) is 33.4 Å². The molecule has 0 bridgehead atoms. The van der Waals surface area contributed by atoms with Crippen molar-refractivity contribution in [3.8, 4) is 5.69 Å². The molecule has 0 saturated heterocycles. The number of primary amides is 1. The minimum absolute atomic E-state index is 0.0341. The topological polar surface area (TPSA) is 258 Å². The van der Waals surface area contributed by atoms with E-state index in [0.717, 1.165) is 34.0 Å². The van der Waals surface area contributed by atoms with Gasteiger partial charge in [0.25, 0.3) is 37.6 Å². The molecule has 41 heavy (non-hydrogen) atoms. The van der Waals surface area contributed by atoms with Crippen LogP contribution in [-0.4, -0.2) is 53.2 Å². The fourth-order valence-corrected chi connectivity index (χ4v) is 4.69. The minimum Gasteiger partial charge on any atom is -0.364 e. The van der Waals surface area contributed by atoms with Crippen LogP contribution in [0.1, 0.15) is 11.3 Å². The van der Waals surface area contributed by atoms with Gasteiger partial charge < -0.3 is 5.73 Å². The summed E-state index contributed by atoms with van der Waals surface area (Å²) in [7, 11) is -8.93. The van der Waals surface area contributed by atoms with E-state index in [4.69, 9.17) is 20.7 Å². The highest BCUT2D eigenvalue weighted by Gasteiger charge is 2.34. The van der Waals surface area contributed by atoms with Crippen molar-refractivity contribution in [1.29, 1.82) is 0 Å². The maximum absolute atomic E-state index is 13.1. The Morgan fingerprint density at radius 1 is 0.951 bits per heavy atom. The van der Waals surface area contributed by atoms with E-state index < -0.39 is 48.2 Å². The lowest BCUT2D eigenvalue weighted by Crippen LogP contribution is -2.25. The highest BCUT2D eigenvalue weighted by atomic mass is 32.2. The van der Waals surface area contributed by atoms with Gasteiger partial charge in [0.1, 0.15) is 6.61 Å². The number of hydrazone groups is 1. The van der Waals surface area contributed by atoms with E-state index in [9.17, 15) is 31.2 Å². The number of amides is 2. The zero-order valence-electron chi connectivity index (χ0n) is 20.5. The van der Waals surface area contributed by atoms with Crippen molar-refractivity contribution in [2.24, 2.45) is 16.7 Å². The first-order valence-corrected chi connectivity index (χ1v) is 14.0. The zero-order valence-corrected chi connectivity index (χ0v) is 22.2. The van der Waals surface area contributed by atoms with E-state index in [1.807, 2.05) is 0 Å². The molecular formula is C23H20N6O10S2. The summed E-state index contributed by atoms with van der Waals surface area (Å²) in [5.41, 5.74) is 4.64. The van der Waals surface area contributed by atoms with Crippen LogP contribution in [0.3, 0.4) is 0 Å². The van der Waals surface area contributed by atoms with Crippen LogP contribution in [0.5, 0.6) is 0 Å². The third-order valence-electron chi connectivity index (χ3n) is 5.64. The van der Waals surface area contributed by atoms with Crippen LogP contribution in [0.25, 0.3) is 11.8 Å². The number of aromatic nitrogens is 2. The Morgan fingerprint density at radius 3 is 1.98 bits per heavy atom. The molecule has 7 N–H and O–H groups in total. The molecule has 1 aliphatic heterocycles. The minimum atomic E-state index is -4.48. The van der Waals surface area contributed by atoms with Crippen molar-refractivity contribution >= 4 is 49.5 Å². The summed E-state index contributed by atoms with van der Waals surface area (Å²) in [6.07, 6.45) is 3.74. The van der Waals surface area contributed by atoms with Gasteiger partial charge in [-0.25, -0.2) is 10.6 Å². The number of aromatic amines is 1. The SMILES string of the molecule is NOCc1[nH]n(-c2ccc(S(=O)(=O)O)cc2)c(=O)c1/C=C/C=C1/C(=O)N(c2ccc(S(=O)(=O)O)cc2)N=C1C(N)=O. The average Bonchev–Trinajstić information content (AvgIpc) is 3.40. The van der Waals surface area contributed by atoms with Crippen LogP contribution in [0.2, 0.25) is 0 Å². The quantitative estimate of drug-likeness (QED) is 0.122. The molecule has 16 nitrogen and oxygen atoms in total. The number of nitrogens with zero attached hydrogens (tertiary/aromatic N) is 3. The Labute approximate surface area is 231 Å². The van der Waals surface area contributed by atoms with E-state index in [1.54, 1.807) is 0 Å². The molecule has 2 amide bonds. The second-order valence-corrected chi connectivity index (χ2v) is 11.1. The highest BCUT2D eigenvalue weighted by Crippen LogP contribution is 2.25. The first kappa shape index (κ1) is 29.3. The molecule has 0 spiro atoms. The Hall–Kier alpha value is -4.72. The molecule has 2 heterocycles. The number of carbonyl (C=O) groups is 2. The standard InChI is InChI=1S/C23H20N6O10S2/c24-21(30)20-18(23(32)29(27-20)14-6-10-16(11-7-14)41(36,37)38)3-1-2-17-19(12-39-25)26-28(22(17)31)13-4-8-15(9-5-13)40(33,34)35/h1-11,26H,12,25H2,(H2,24,30)(H,33,34,35)(H,36,37,38)/b2-1+,18-3+. The van der Waals surface area contributed by atoms with E-state index in [0.29, 0.717) is 0 Å². The number of benzene rings is 2. The van der Waals surface area contributed by atoms with Gasteiger partial charge in [-0.2, -0.15) is 26.9 Å². The summed E-state index contributed by atoms with van der Waals surface area (Å²) in [6.45, 7) is -0.248. The number of nitrogens with two attached hydrogens (primary N) is 2. The molecule has 0 atom stereocenters. The smallest absolute Gasteiger partial charge is 0.294 e. The molecule has 0 radical (unpaired) electrons. The van der Waals surface area contributed by atoms with Crippen LogP contribution < -0.4 is 22.2 Å². The normalized spacial score (nSPS) is 15.2. The third kappa shape index (κ3) is 6.06. The van der Waals surface area contributed by atoms with Crippen molar-refractivity contribution in [2.45, 2.75) is 16.4 Å². The molecule has 0 saturated carbocycles. The predicted octanol–water partition coefficient (Wildman–Crippen LogP) is -0.123. The van der Waals surface area contributed by atoms with Crippen LogP contribution in [0.4, 0.5) is 5.69 Å². The number of hydrogen-bond acceptors (Lipinski definition) is 10. The van der Waals surface area contributed by atoms with Crippen molar-refractivity contribution < 1.29 is 40.4 Å².